The van der Waals surface area contributed by atoms with Gasteiger partial charge < -0.3 is 14.8 Å². The second-order valence-corrected chi connectivity index (χ2v) is 9.51. The van der Waals surface area contributed by atoms with Crippen LogP contribution in [0.15, 0.2) is 48.5 Å². The van der Waals surface area contributed by atoms with Gasteiger partial charge in [-0.25, -0.2) is 9.59 Å². The molecule has 3 rings (SSSR count). The van der Waals surface area contributed by atoms with Crippen LogP contribution >= 0.6 is 0 Å². The molecule has 0 saturated carbocycles. The molecule has 1 aliphatic carbocycles. The van der Waals surface area contributed by atoms with Gasteiger partial charge in [-0.3, -0.25) is 0 Å². The summed E-state index contributed by atoms with van der Waals surface area (Å²) >= 11 is 0. The molecule has 1 N–H and O–H groups in total. The Bertz CT molecular complexity index is 883. The number of hydrogen-bond donors (Lipinski definition) is 1. The molecule has 1 atom stereocenters. The summed E-state index contributed by atoms with van der Waals surface area (Å²) in [4.78, 5) is 24.9. The number of carbonyl (C=O) groups is 2. The van der Waals surface area contributed by atoms with Crippen LogP contribution in [-0.4, -0.2) is 30.3 Å². The molecule has 0 bridgehead atoms. The highest BCUT2D eigenvalue weighted by atomic mass is 16.6. The van der Waals surface area contributed by atoms with Crippen molar-refractivity contribution in [2.45, 2.75) is 65.0 Å². The van der Waals surface area contributed by atoms with E-state index in [1.54, 1.807) is 0 Å². The molecule has 0 radical (unpaired) electrons. The van der Waals surface area contributed by atoms with E-state index in [1.165, 1.54) is 22.3 Å². The summed E-state index contributed by atoms with van der Waals surface area (Å²) in [6, 6.07) is 16.0. The Hall–Kier alpha value is -2.82. The lowest BCUT2D eigenvalue weighted by Crippen LogP contribution is -2.45. The highest BCUT2D eigenvalue weighted by molar-refractivity contribution is 5.81. The molecule has 1 amide bonds. The largest absolute Gasteiger partial charge is 0.458 e. The third-order valence-corrected chi connectivity index (χ3v) is 5.29. The second kappa shape index (κ2) is 9.54. The Balaban J connectivity index is 1.60. The minimum atomic E-state index is -0.723. The van der Waals surface area contributed by atoms with Gasteiger partial charge in [0.15, 0.2) is 0 Å². The van der Waals surface area contributed by atoms with Gasteiger partial charge in [0.25, 0.3) is 0 Å². The van der Waals surface area contributed by atoms with Gasteiger partial charge in [0.05, 0.1) is 6.61 Å². The SMILES string of the molecule is CC(C)C[C@H](NC(=O)OCCC1c2ccccc2-c2ccccc21)C(=O)OC(C)(C)C. The van der Waals surface area contributed by atoms with Crippen LogP contribution in [-0.2, 0) is 14.3 Å². The van der Waals surface area contributed by atoms with E-state index in [-0.39, 0.29) is 18.4 Å². The van der Waals surface area contributed by atoms with Crippen molar-refractivity contribution in [3.63, 3.8) is 0 Å². The van der Waals surface area contributed by atoms with Crippen molar-refractivity contribution in [1.82, 2.24) is 5.32 Å². The summed E-state index contributed by atoms with van der Waals surface area (Å²) in [5.41, 5.74) is 4.41. The number of hydrogen-bond acceptors (Lipinski definition) is 4. The minimum absolute atomic E-state index is 0.192. The van der Waals surface area contributed by atoms with Gasteiger partial charge in [0, 0.05) is 5.92 Å². The molecule has 0 unspecified atom stereocenters. The average molecular weight is 424 g/mol. The van der Waals surface area contributed by atoms with Crippen molar-refractivity contribution >= 4 is 12.1 Å². The number of fused-ring (bicyclic) bond motifs is 3. The van der Waals surface area contributed by atoms with Crippen molar-refractivity contribution in [2.24, 2.45) is 5.92 Å². The van der Waals surface area contributed by atoms with Crippen LogP contribution in [0.2, 0.25) is 0 Å². The van der Waals surface area contributed by atoms with E-state index in [9.17, 15) is 9.59 Å². The molecule has 2 aromatic carbocycles. The number of nitrogens with one attached hydrogen (secondary N) is 1. The van der Waals surface area contributed by atoms with Gasteiger partial charge in [-0.1, -0.05) is 62.4 Å². The Morgan fingerprint density at radius 1 is 0.968 bits per heavy atom. The van der Waals surface area contributed by atoms with E-state index in [0.29, 0.717) is 12.8 Å². The molecule has 0 fully saturated rings. The topological polar surface area (TPSA) is 64.6 Å². The number of esters is 1. The van der Waals surface area contributed by atoms with E-state index in [2.05, 4.69) is 29.6 Å². The van der Waals surface area contributed by atoms with Crippen molar-refractivity contribution in [3.05, 3.63) is 59.7 Å². The van der Waals surface area contributed by atoms with Crippen molar-refractivity contribution in [2.75, 3.05) is 6.61 Å². The predicted octanol–water partition coefficient (Wildman–Crippen LogP) is 5.67. The van der Waals surface area contributed by atoms with E-state index >= 15 is 0 Å². The highest BCUT2D eigenvalue weighted by Gasteiger charge is 2.30. The van der Waals surface area contributed by atoms with Crippen LogP contribution in [0.4, 0.5) is 4.79 Å². The van der Waals surface area contributed by atoms with E-state index < -0.39 is 23.7 Å². The molecule has 0 spiro atoms. The van der Waals surface area contributed by atoms with Gasteiger partial charge >= 0.3 is 12.1 Å². The van der Waals surface area contributed by atoms with Crippen LogP contribution in [0.25, 0.3) is 11.1 Å². The third-order valence-electron chi connectivity index (χ3n) is 5.29. The molecular weight excluding hydrogens is 390 g/mol. The van der Waals surface area contributed by atoms with Gasteiger partial charge in [0.1, 0.15) is 11.6 Å². The minimum Gasteiger partial charge on any atom is -0.458 e. The van der Waals surface area contributed by atoms with Gasteiger partial charge in [0.2, 0.25) is 0 Å². The van der Waals surface area contributed by atoms with E-state index in [0.717, 1.165) is 0 Å². The number of carbonyl (C=O) groups excluding carboxylic acids is 2. The lowest BCUT2D eigenvalue weighted by molar-refractivity contribution is -0.157. The first-order valence-electron chi connectivity index (χ1n) is 11.0. The van der Waals surface area contributed by atoms with Crippen molar-refractivity contribution in [3.8, 4) is 11.1 Å². The summed E-state index contributed by atoms with van der Waals surface area (Å²) in [7, 11) is 0. The highest BCUT2D eigenvalue weighted by Crippen LogP contribution is 2.45. The third kappa shape index (κ3) is 5.87. The zero-order chi connectivity index (χ0) is 22.6. The first-order chi connectivity index (χ1) is 14.7. The lowest BCUT2D eigenvalue weighted by Gasteiger charge is -2.25. The second-order valence-electron chi connectivity index (χ2n) is 9.51. The van der Waals surface area contributed by atoms with Crippen molar-refractivity contribution < 1.29 is 19.1 Å². The summed E-state index contributed by atoms with van der Waals surface area (Å²) in [5, 5.41) is 2.70. The molecule has 0 aromatic heterocycles. The zero-order valence-corrected chi connectivity index (χ0v) is 19.1. The normalized spacial score (nSPS) is 14.0. The summed E-state index contributed by atoms with van der Waals surface area (Å²) in [6.07, 6.45) is 0.590. The van der Waals surface area contributed by atoms with Crippen LogP contribution in [0.5, 0.6) is 0 Å². The van der Waals surface area contributed by atoms with Crippen LogP contribution in [0.3, 0.4) is 0 Å². The molecule has 1 aliphatic rings. The Morgan fingerprint density at radius 2 is 1.52 bits per heavy atom. The standard InChI is InChI=1S/C26H33NO4/c1-17(2)16-23(24(28)31-26(3,4)5)27-25(29)30-15-14-22-20-12-8-6-10-18(20)19-11-7-9-13-21(19)22/h6-13,17,22-23H,14-16H2,1-5H3,(H,27,29)/t23-/m0/s1. The fourth-order valence-electron chi connectivity index (χ4n) is 4.08. The molecule has 166 valence electrons. The maximum absolute atomic E-state index is 12.5. The first-order valence-corrected chi connectivity index (χ1v) is 11.0. The average Bonchev–Trinajstić information content (AvgIpc) is 3.00. The van der Waals surface area contributed by atoms with E-state index in [4.69, 9.17) is 9.47 Å². The summed E-state index contributed by atoms with van der Waals surface area (Å²) in [5.74, 6) is -0.0152. The van der Waals surface area contributed by atoms with Crippen molar-refractivity contribution in [1.29, 1.82) is 0 Å². The molecule has 0 aliphatic heterocycles. The maximum Gasteiger partial charge on any atom is 0.407 e. The summed E-state index contributed by atoms with van der Waals surface area (Å²) < 4.78 is 10.9. The molecule has 5 heteroatoms. The maximum atomic E-state index is 12.5. The molecular formula is C26H33NO4. The summed E-state index contributed by atoms with van der Waals surface area (Å²) in [6.45, 7) is 9.70. The smallest absolute Gasteiger partial charge is 0.407 e. The molecule has 0 heterocycles. The number of amides is 1. The van der Waals surface area contributed by atoms with Gasteiger partial charge in [-0.05, 0) is 61.8 Å². The molecule has 0 saturated heterocycles. The molecule has 2 aromatic rings. The number of alkyl carbamates (subject to hydrolysis) is 1. The first kappa shape index (κ1) is 22.9. The number of ether oxygens (including phenoxy) is 2. The predicted molar refractivity (Wildman–Crippen MR) is 122 cm³/mol. The number of rotatable bonds is 7. The Labute approximate surface area is 185 Å². The molecule has 31 heavy (non-hydrogen) atoms. The van der Waals surface area contributed by atoms with Crippen LogP contribution < -0.4 is 5.32 Å². The Kier molecular flexibility index (Phi) is 7.04. The monoisotopic (exact) mass is 423 g/mol. The zero-order valence-electron chi connectivity index (χ0n) is 19.1. The number of benzene rings is 2. The lowest BCUT2D eigenvalue weighted by atomic mass is 9.94. The quantitative estimate of drug-likeness (QED) is 0.583. The van der Waals surface area contributed by atoms with Crippen LogP contribution in [0.1, 0.15) is 64.5 Å². The molecule has 5 nitrogen and oxygen atoms in total. The Morgan fingerprint density at radius 3 is 2.03 bits per heavy atom. The fourth-order valence-corrected chi connectivity index (χ4v) is 4.08. The van der Waals surface area contributed by atoms with Gasteiger partial charge in [-0.15, -0.1) is 0 Å². The fraction of sp³-hybridized carbons (Fsp3) is 0.462. The van der Waals surface area contributed by atoms with Crippen LogP contribution in [0, 0.1) is 5.92 Å². The van der Waals surface area contributed by atoms with E-state index in [1.807, 2.05) is 58.9 Å². The van der Waals surface area contributed by atoms with Gasteiger partial charge in [-0.2, -0.15) is 0 Å².